The second-order valence-electron chi connectivity index (χ2n) is 8.77. The van der Waals surface area contributed by atoms with Crippen molar-refractivity contribution in [1.82, 2.24) is 20.0 Å². The number of piperazine rings is 1. The topological polar surface area (TPSA) is 82.2 Å². The molecule has 2 aromatic carbocycles. The Labute approximate surface area is 224 Å². The second-order valence-corrected chi connectivity index (χ2v) is 9.59. The molecule has 0 saturated carbocycles. The number of nitrogens with zero attached hydrogens (tertiary/aromatic N) is 3. The van der Waals surface area contributed by atoms with Crippen LogP contribution in [0.2, 0.25) is 10.0 Å². The summed E-state index contributed by atoms with van der Waals surface area (Å²) in [4.78, 5) is 44.0. The Balaban J connectivity index is 1.57. The van der Waals surface area contributed by atoms with Crippen LogP contribution >= 0.6 is 23.2 Å². The third-order valence-corrected chi connectivity index (χ3v) is 7.21. The molecule has 0 aliphatic carbocycles. The summed E-state index contributed by atoms with van der Waals surface area (Å²) in [6.45, 7) is 4.14. The smallest absolute Gasteiger partial charge is 0.338 e. The predicted molar refractivity (Wildman–Crippen MR) is 138 cm³/mol. The van der Waals surface area contributed by atoms with E-state index in [1.54, 1.807) is 37.1 Å². The van der Waals surface area contributed by atoms with Crippen molar-refractivity contribution in [3.8, 4) is 0 Å². The Hall–Kier alpha value is -3.14. The molecule has 1 atom stereocenters. The summed E-state index contributed by atoms with van der Waals surface area (Å²) < 4.78 is 18.6. The molecule has 8 nitrogen and oxygen atoms in total. The van der Waals surface area contributed by atoms with Crippen LogP contribution in [0, 0.1) is 5.82 Å². The number of amides is 3. The summed E-state index contributed by atoms with van der Waals surface area (Å²) in [6, 6.07) is 9.28. The number of hydrogen-bond acceptors (Lipinski definition) is 5. The van der Waals surface area contributed by atoms with Crippen molar-refractivity contribution in [2.45, 2.75) is 13.0 Å². The van der Waals surface area contributed by atoms with E-state index in [4.69, 9.17) is 27.9 Å². The molecule has 1 saturated heterocycles. The lowest BCUT2D eigenvalue weighted by atomic mass is 9.94. The molecular weight excluding hydrogens is 522 g/mol. The van der Waals surface area contributed by atoms with Crippen LogP contribution in [0.25, 0.3) is 0 Å². The van der Waals surface area contributed by atoms with Gasteiger partial charge < -0.3 is 15.0 Å². The minimum atomic E-state index is -0.770. The van der Waals surface area contributed by atoms with Gasteiger partial charge in [0.15, 0.2) is 0 Å². The van der Waals surface area contributed by atoms with Gasteiger partial charge in [-0.15, -0.1) is 0 Å². The van der Waals surface area contributed by atoms with Gasteiger partial charge in [0.1, 0.15) is 5.82 Å². The first-order chi connectivity index (χ1) is 17.7. The van der Waals surface area contributed by atoms with Crippen molar-refractivity contribution in [2.24, 2.45) is 0 Å². The lowest BCUT2D eigenvalue weighted by Crippen LogP contribution is -2.53. The molecule has 0 aromatic heterocycles. The van der Waals surface area contributed by atoms with E-state index in [0.717, 1.165) is 0 Å². The fourth-order valence-corrected chi connectivity index (χ4v) is 4.74. The molecule has 2 aliphatic rings. The molecule has 1 unspecified atom stereocenters. The fraction of sp³-hybridized carbons (Fsp3) is 0.346. The van der Waals surface area contributed by atoms with Crippen molar-refractivity contribution < 1.29 is 23.5 Å². The summed E-state index contributed by atoms with van der Waals surface area (Å²) in [7, 11) is 1.60. The highest BCUT2D eigenvalue weighted by Crippen LogP contribution is 2.34. The van der Waals surface area contributed by atoms with Crippen molar-refractivity contribution in [1.29, 1.82) is 0 Å². The maximum Gasteiger partial charge on any atom is 0.338 e. The lowest BCUT2D eigenvalue weighted by molar-refractivity contribution is -0.139. The van der Waals surface area contributed by atoms with E-state index in [1.165, 1.54) is 29.2 Å². The van der Waals surface area contributed by atoms with E-state index >= 15 is 0 Å². The lowest BCUT2D eigenvalue weighted by Gasteiger charge is -2.39. The van der Waals surface area contributed by atoms with Crippen LogP contribution in [0.5, 0.6) is 0 Å². The average molecular weight is 549 g/mol. The largest absolute Gasteiger partial charge is 0.463 e. The van der Waals surface area contributed by atoms with E-state index in [9.17, 15) is 18.8 Å². The van der Waals surface area contributed by atoms with Crippen LogP contribution in [0.1, 0.15) is 28.9 Å². The summed E-state index contributed by atoms with van der Waals surface area (Å²) in [5, 5.41) is 3.52. The molecule has 2 aliphatic heterocycles. The van der Waals surface area contributed by atoms with Crippen molar-refractivity contribution in [2.75, 3.05) is 46.4 Å². The highest BCUT2D eigenvalue weighted by molar-refractivity contribution is 6.42. The molecule has 1 N–H and O–H groups in total. The standard InChI is InChI=1S/C26H27Cl2FN4O4/c1-3-37-25(35)22-21(31(2)26(36)30-23(22)17-6-9-19(27)20(28)14-17)15-32-10-12-33(13-11-32)24(34)16-4-7-18(29)8-5-16/h4-9,14,23H,3,10-13,15H2,1-2H3,(H,30,36). The summed E-state index contributed by atoms with van der Waals surface area (Å²) in [5.74, 6) is -1.10. The summed E-state index contributed by atoms with van der Waals surface area (Å²) in [6.07, 6.45) is 0. The Bertz CT molecular complexity index is 1230. The zero-order valence-electron chi connectivity index (χ0n) is 20.5. The van der Waals surface area contributed by atoms with Gasteiger partial charge in [-0.25, -0.2) is 14.0 Å². The number of ether oxygens (including phenoxy) is 1. The molecule has 11 heteroatoms. The first-order valence-electron chi connectivity index (χ1n) is 11.9. The van der Waals surface area contributed by atoms with E-state index < -0.39 is 17.8 Å². The number of benzene rings is 2. The monoisotopic (exact) mass is 548 g/mol. The van der Waals surface area contributed by atoms with Crippen LogP contribution in [0.15, 0.2) is 53.7 Å². The van der Waals surface area contributed by atoms with E-state index in [2.05, 4.69) is 10.2 Å². The number of esters is 1. The average Bonchev–Trinajstić information content (AvgIpc) is 2.89. The molecule has 0 spiro atoms. The molecule has 2 heterocycles. The van der Waals surface area contributed by atoms with Gasteiger partial charge in [0.05, 0.1) is 28.3 Å². The quantitative estimate of drug-likeness (QED) is 0.549. The van der Waals surface area contributed by atoms with Gasteiger partial charge in [-0.05, 0) is 48.9 Å². The third kappa shape index (κ3) is 5.89. The molecule has 37 heavy (non-hydrogen) atoms. The van der Waals surface area contributed by atoms with Gasteiger partial charge in [-0.2, -0.15) is 0 Å². The molecule has 4 rings (SSSR count). The Kier molecular flexibility index (Phi) is 8.36. The Morgan fingerprint density at radius 2 is 1.73 bits per heavy atom. The second kappa shape index (κ2) is 11.5. The normalized spacial score (nSPS) is 18.6. The van der Waals surface area contributed by atoms with Crippen molar-refractivity contribution >= 4 is 41.1 Å². The van der Waals surface area contributed by atoms with Crippen LogP contribution in [-0.2, 0) is 9.53 Å². The number of halogens is 3. The van der Waals surface area contributed by atoms with Gasteiger partial charge >= 0.3 is 12.0 Å². The Morgan fingerprint density at radius 3 is 2.35 bits per heavy atom. The van der Waals surface area contributed by atoms with Crippen molar-refractivity contribution in [3.05, 3.63) is 80.7 Å². The SMILES string of the molecule is CCOC(=O)C1=C(CN2CCN(C(=O)c3ccc(F)cc3)CC2)N(C)C(=O)NC1c1ccc(Cl)c(Cl)c1. The van der Waals surface area contributed by atoms with Gasteiger partial charge in [0, 0.05) is 51.0 Å². The van der Waals surface area contributed by atoms with Gasteiger partial charge in [0.25, 0.3) is 5.91 Å². The molecule has 3 amide bonds. The van der Waals surface area contributed by atoms with Crippen LogP contribution in [0.3, 0.4) is 0 Å². The fourth-order valence-electron chi connectivity index (χ4n) is 4.44. The number of carbonyl (C=O) groups is 3. The highest BCUT2D eigenvalue weighted by atomic mass is 35.5. The molecule has 2 aromatic rings. The van der Waals surface area contributed by atoms with Crippen molar-refractivity contribution in [3.63, 3.8) is 0 Å². The third-order valence-electron chi connectivity index (χ3n) is 6.47. The maximum atomic E-state index is 13.2. The molecule has 0 radical (unpaired) electrons. The first-order valence-corrected chi connectivity index (χ1v) is 12.6. The predicted octanol–water partition coefficient (Wildman–Crippen LogP) is 4.10. The van der Waals surface area contributed by atoms with Crippen LogP contribution in [0.4, 0.5) is 9.18 Å². The number of hydrogen-bond donors (Lipinski definition) is 1. The van der Waals surface area contributed by atoms with E-state index in [0.29, 0.717) is 65.2 Å². The van der Waals surface area contributed by atoms with E-state index in [1.807, 2.05) is 0 Å². The summed E-state index contributed by atoms with van der Waals surface area (Å²) in [5.41, 5.74) is 1.85. The number of nitrogens with one attached hydrogen (secondary N) is 1. The number of rotatable bonds is 6. The van der Waals surface area contributed by atoms with Crippen LogP contribution < -0.4 is 5.32 Å². The number of urea groups is 1. The molecular formula is C26H27Cl2FN4O4. The minimum Gasteiger partial charge on any atom is -0.463 e. The molecule has 0 bridgehead atoms. The minimum absolute atomic E-state index is 0.167. The van der Waals surface area contributed by atoms with Gasteiger partial charge in [-0.3, -0.25) is 14.6 Å². The van der Waals surface area contributed by atoms with Gasteiger partial charge in [-0.1, -0.05) is 29.3 Å². The molecule has 1 fully saturated rings. The van der Waals surface area contributed by atoms with Crippen LogP contribution in [-0.4, -0.2) is 79.0 Å². The van der Waals surface area contributed by atoms with Gasteiger partial charge in [0.2, 0.25) is 0 Å². The number of carbonyl (C=O) groups excluding carboxylic acids is 3. The van der Waals surface area contributed by atoms with E-state index in [-0.39, 0.29) is 18.5 Å². The zero-order valence-corrected chi connectivity index (χ0v) is 22.0. The highest BCUT2D eigenvalue weighted by Gasteiger charge is 2.38. The summed E-state index contributed by atoms with van der Waals surface area (Å²) >= 11 is 12.3. The maximum absolute atomic E-state index is 13.2. The number of likely N-dealkylation sites (N-methyl/N-ethyl adjacent to an activating group) is 1. The first kappa shape index (κ1) is 26.9. The Morgan fingerprint density at radius 1 is 1.05 bits per heavy atom. The zero-order chi connectivity index (χ0) is 26.7. The molecule has 196 valence electrons.